The van der Waals surface area contributed by atoms with Crippen molar-refractivity contribution in [2.45, 2.75) is 77.2 Å². The average molecular weight is 253 g/mol. The number of hydrogen-bond donors (Lipinski definition) is 2. The molecule has 2 fully saturated rings. The first-order valence-electron chi connectivity index (χ1n) is 7.95. The zero-order valence-electron chi connectivity index (χ0n) is 12.3. The van der Waals surface area contributed by atoms with Crippen LogP contribution >= 0.6 is 0 Å². The van der Waals surface area contributed by atoms with Gasteiger partial charge in [-0.2, -0.15) is 0 Å². The van der Waals surface area contributed by atoms with Crippen LogP contribution in [0.1, 0.15) is 71.6 Å². The van der Waals surface area contributed by atoms with Crippen LogP contribution in [0.5, 0.6) is 0 Å². The monoisotopic (exact) mass is 253 g/mol. The second-order valence-electron chi connectivity index (χ2n) is 7.16. The molecule has 18 heavy (non-hydrogen) atoms. The van der Waals surface area contributed by atoms with Gasteiger partial charge < -0.3 is 10.8 Å². The highest BCUT2D eigenvalue weighted by Crippen LogP contribution is 2.52. The van der Waals surface area contributed by atoms with E-state index in [2.05, 4.69) is 13.8 Å². The zero-order valence-corrected chi connectivity index (χ0v) is 12.3. The standard InChI is InChI=1S/C16H31NO/c1-13(2)14-6-5-10-16(18,11-7-14)15(12-17)8-3-4-9-15/h13-14,18H,3-12,17H2,1-2H3. The van der Waals surface area contributed by atoms with E-state index in [1.165, 1.54) is 32.1 Å². The topological polar surface area (TPSA) is 46.2 Å². The number of rotatable bonds is 3. The molecule has 0 aliphatic heterocycles. The van der Waals surface area contributed by atoms with Gasteiger partial charge in [0.25, 0.3) is 0 Å². The normalized spacial score (nSPS) is 36.8. The van der Waals surface area contributed by atoms with Crippen LogP contribution in [-0.2, 0) is 0 Å². The molecule has 0 bridgehead atoms. The molecule has 2 aliphatic carbocycles. The molecule has 2 rings (SSSR count). The lowest BCUT2D eigenvalue weighted by Crippen LogP contribution is -2.51. The van der Waals surface area contributed by atoms with Crippen LogP contribution in [0, 0.1) is 17.3 Å². The van der Waals surface area contributed by atoms with E-state index in [4.69, 9.17) is 5.73 Å². The molecule has 2 atom stereocenters. The van der Waals surface area contributed by atoms with Crippen molar-refractivity contribution in [1.82, 2.24) is 0 Å². The van der Waals surface area contributed by atoms with Gasteiger partial charge in [-0.1, -0.05) is 39.5 Å². The van der Waals surface area contributed by atoms with E-state index in [0.717, 1.165) is 37.5 Å². The lowest BCUT2D eigenvalue weighted by molar-refractivity contribution is -0.0900. The van der Waals surface area contributed by atoms with Crippen molar-refractivity contribution in [3.63, 3.8) is 0 Å². The third-order valence-corrected chi connectivity index (χ3v) is 5.98. The third-order valence-electron chi connectivity index (χ3n) is 5.98. The molecule has 0 aromatic carbocycles. The van der Waals surface area contributed by atoms with Crippen LogP contribution in [0.25, 0.3) is 0 Å². The molecule has 0 aromatic rings. The maximum Gasteiger partial charge on any atom is 0.0715 e. The van der Waals surface area contributed by atoms with Crippen molar-refractivity contribution >= 4 is 0 Å². The Labute approximate surface area is 112 Å². The fourth-order valence-electron chi connectivity index (χ4n) is 4.46. The van der Waals surface area contributed by atoms with Crippen LogP contribution in [0.15, 0.2) is 0 Å². The Kier molecular flexibility index (Phi) is 4.38. The Hall–Kier alpha value is -0.0800. The Morgan fingerprint density at radius 2 is 1.72 bits per heavy atom. The first-order valence-corrected chi connectivity index (χ1v) is 7.95. The van der Waals surface area contributed by atoms with Crippen molar-refractivity contribution in [2.24, 2.45) is 23.0 Å². The Bertz CT molecular complexity index is 270. The Morgan fingerprint density at radius 3 is 2.28 bits per heavy atom. The van der Waals surface area contributed by atoms with Crippen molar-refractivity contribution in [3.05, 3.63) is 0 Å². The lowest BCUT2D eigenvalue weighted by Gasteiger charge is -2.44. The molecule has 2 aliphatic rings. The summed E-state index contributed by atoms with van der Waals surface area (Å²) in [7, 11) is 0. The minimum absolute atomic E-state index is 0.0405. The van der Waals surface area contributed by atoms with Gasteiger partial charge in [-0.05, 0) is 43.9 Å². The summed E-state index contributed by atoms with van der Waals surface area (Å²) < 4.78 is 0. The molecule has 3 N–H and O–H groups in total. The summed E-state index contributed by atoms with van der Waals surface area (Å²) in [6.07, 6.45) is 10.4. The van der Waals surface area contributed by atoms with Crippen LogP contribution in [0.3, 0.4) is 0 Å². The number of hydrogen-bond acceptors (Lipinski definition) is 2. The first-order chi connectivity index (χ1) is 8.53. The maximum absolute atomic E-state index is 11.2. The Balaban J connectivity index is 2.10. The minimum Gasteiger partial charge on any atom is -0.389 e. The average Bonchev–Trinajstić information content (AvgIpc) is 2.75. The second-order valence-corrected chi connectivity index (χ2v) is 7.16. The predicted octanol–water partition coefficient (Wildman–Crippen LogP) is 3.47. The molecule has 0 heterocycles. The summed E-state index contributed by atoms with van der Waals surface area (Å²) in [4.78, 5) is 0. The molecule has 106 valence electrons. The van der Waals surface area contributed by atoms with E-state index in [0.29, 0.717) is 6.54 Å². The SMILES string of the molecule is CC(C)C1CCCC(O)(C2(CN)CCCC2)CC1. The molecule has 0 aromatic heterocycles. The van der Waals surface area contributed by atoms with Crippen LogP contribution in [0.4, 0.5) is 0 Å². The van der Waals surface area contributed by atoms with Gasteiger partial charge in [0.2, 0.25) is 0 Å². The minimum atomic E-state index is -0.470. The quantitative estimate of drug-likeness (QED) is 0.757. The van der Waals surface area contributed by atoms with E-state index in [1.54, 1.807) is 0 Å². The highest BCUT2D eigenvalue weighted by Gasteiger charge is 2.50. The molecule has 2 unspecified atom stereocenters. The van der Waals surface area contributed by atoms with Crippen molar-refractivity contribution in [2.75, 3.05) is 6.54 Å². The molecule has 0 amide bonds. The highest BCUT2D eigenvalue weighted by atomic mass is 16.3. The highest BCUT2D eigenvalue weighted by molar-refractivity contribution is 5.03. The van der Waals surface area contributed by atoms with Crippen LogP contribution in [0.2, 0.25) is 0 Å². The van der Waals surface area contributed by atoms with Gasteiger partial charge in [0.05, 0.1) is 5.60 Å². The molecular formula is C16H31NO. The fourth-order valence-corrected chi connectivity index (χ4v) is 4.46. The first kappa shape index (κ1) is 14.3. The van der Waals surface area contributed by atoms with E-state index >= 15 is 0 Å². The molecule has 2 nitrogen and oxygen atoms in total. The summed E-state index contributed by atoms with van der Waals surface area (Å²) in [6, 6.07) is 0. The molecule has 0 radical (unpaired) electrons. The van der Waals surface area contributed by atoms with Crippen LogP contribution in [-0.4, -0.2) is 17.3 Å². The van der Waals surface area contributed by atoms with E-state index in [1.807, 2.05) is 0 Å². The van der Waals surface area contributed by atoms with E-state index in [9.17, 15) is 5.11 Å². The Morgan fingerprint density at radius 1 is 1.06 bits per heavy atom. The van der Waals surface area contributed by atoms with Crippen LogP contribution < -0.4 is 5.73 Å². The molecule has 0 saturated heterocycles. The number of aliphatic hydroxyl groups is 1. The smallest absolute Gasteiger partial charge is 0.0715 e. The van der Waals surface area contributed by atoms with Gasteiger partial charge in [-0.15, -0.1) is 0 Å². The summed E-state index contributed by atoms with van der Waals surface area (Å²) in [6.45, 7) is 5.32. The largest absolute Gasteiger partial charge is 0.389 e. The number of nitrogens with two attached hydrogens (primary N) is 1. The van der Waals surface area contributed by atoms with Gasteiger partial charge >= 0.3 is 0 Å². The van der Waals surface area contributed by atoms with E-state index in [-0.39, 0.29) is 5.41 Å². The van der Waals surface area contributed by atoms with Crippen molar-refractivity contribution in [1.29, 1.82) is 0 Å². The molecule has 2 heteroatoms. The summed E-state index contributed by atoms with van der Waals surface area (Å²) in [5, 5.41) is 11.2. The zero-order chi connectivity index (χ0) is 13.2. The van der Waals surface area contributed by atoms with Crippen molar-refractivity contribution in [3.8, 4) is 0 Å². The van der Waals surface area contributed by atoms with Gasteiger partial charge in [0, 0.05) is 12.0 Å². The maximum atomic E-state index is 11.2. The molecule has 0 spiro atoms. The fraction of sp³-hybridized carbons (Fsp3) is 1.00. The second kappa shape index (κ2) is 5.50. The van der Waals surface area contributed by atoms with Gasteiger partial charge in [-0.25, -0.2) is 0 Å². The lowest BCUT2D eigenvalue weighted by atomic mass is 9.66. The van der Waals surface area contributed by atoms with E-state index < -0.39 is 5.60 Å². The summed E-state index contributed by atoms with van der Waals surface area (Å²) in [5.74, 6) is 1.56. The molecular weight excluding hydrogens is 222 g/mol. The van der Waals surface area contributed by atoms with Gasteiger partial charge in [-0.3, -0.25) is 0 Å². The van der Waals surface area contributed by atoms with Gasteiger partial charge in [0.1, 0.15) is 0 Å². The predicted molar refractivity (Wildman–Crippen MR) is 76.3 cm³/mol. The molecule has 2 saturated carbocycles. The third kappa shape index (κ3) is 2.46. The van der Waals surface area contributed by atoms with Crippen molar-refractivity contribution < 1.29 is 5.11 Å². The van der Waals surface area contributed by atoms with Gasteiger partial charge in [0.15, 0.2) is 0 Å². The summed E-state index contributed by atoms with van der Waals surface area (Å²) >= 11 is 0. The summed E-state index contributed by atoms with van der Waals surface area (Å²) in [5.41, 5.74) is 5.64.